The summed E-state index contributed by atoms with van der Waals surface area (Å²) in [7, 11) is 0. The van der Waals surface area contributed by atoms with Gasteiger partial charge >= 0.3 is 0 Å². The Morgan fingerprint density at radius 2 is 1.69 bits per heavy atom. The van der Waals surface area contributed by atoms with Crippen LogP contribution in [0.4, 0.5) is 0 Å². The third-order valence-corrected chi connectivity index (χ3v) is 4.58. The van der Waals surface area contributed by atoms with Crippen molar-refractivity contribution < 1.29 is 0 Å². The van der Waals surface area contributed by atoms with Gasteiger partial charge in [-0.2, -0.15) is 0 Å². The van der Waals surface area contributed by atoms with Crippen LogP contribution in [0.25, 0.3) is 0 Å². The van der Waals surface area contributed by atoms with Gasteiger partial charge in [-0.1, -0.05) is 51.5 Å². The molecule has 0 nitrogen and oxygen atoms in total. The van der Waals surface area contributed by atoms with Gasteiger partial charge < -0.3 is 0 Å². The van der Waals surface area contributed by atoms with Crippen LogP contribution in [-0.4, -0.2) is 0 Å². The molecule has 0 spiro atoms. The van der Waals surface area contributed by atoms with E-state index in [1.807, 2.05) is 0 Å². The van der Waals surface area contributed by atoms with Crippen LogP contribution >= 0.6 is 0 Å². The zero-order chi connectivity index (χ0) is 11.8. The first-order valence-electron chi connectivity index (χ1n) is 6.79. The minimum Gasteiger partial charge on any atom is -0.0876 e. The Labute approximate surface area is 101 Å². The molecule has 0 N–H and O–H groups in total. The summed E-state index contributed by atoms with van der Waals surface area (Å²) in [6, 6.07) is 0. The van der Waals surface area contributed by atoms with Crippen molar-refractivity contribution in [3.8, 4) is 0 Å². The van der Waals surface area contributed by atoms with Gasteiger partial charge in [0.05, 0.1) is 0 Å². The fourth-order valence-corrected chi connectivity index (χ4v) is 3.43. The van der Waals surface area contributed by atoms with E-state index in [9.17, 15) is 0 Å². The van der Waals surface area contributed by atoms with Crippen LogP contribution in [0.15, 0.2) is 23.8 Å². The summed E-state index contributed by atoms with van der Waals surface area (Å²) in [6.45, 7) is 9.49. The van der Waals surface area contributed by atoms with Crippen LogP contribution in [0.3, 0.4) is 0 Å². The molecule has 0 unspecified atom stereocenters. The summed E-state index contributed by atoms with van der Waals surface area (Å²) in [6.07, 6.45) is 12.4. The van der Waals surface area contributed by atoms with E-state index < -0.39 is 0 Å². The summed E-state index contributed by atoms with van der Waals surface area (Å²) >= 11 is 0. The normalized spacial score (nSPS) is 24.8. The molecule has 0 atom stereocenters. The zero-order valence-corrected chi connectivity index (χ0v) is 11.2. The number of hydrogen-bond donors (Lipinski definition) is 0. The minimum atomic E-state index is 0.441. The molecular weight excluding hydrogens is 192 g/mol. The summed E-state index contributed by atoms with van der Waals surface area (Å²) < 4.78 is 0. The van der Waals surface area contributed by atoms with Gasteiger partial charge in [0.1, 0.15) is 0 Å². The quantitative estimate of drug-likeness (QED) is 0.588. The molecule has 16 heavy (non-hydrogen) atoms. The molecule has 0 aromatic heterocycles. The number of allylic oxidation sites excluding steroid dienone is 4. The second kappa shape index (κ2) is 4.39. The highest BCUT2D eigenvalue weighted by molar-refractivity contribution is 5.39. The lowest BCUT2D eigenvalue weighted by Crippen LogP contribution is -2.30. The van der Waals surface area contributed by atoms with Gasteiger partial charge in [-0.25, -0.2) is 0 Å². The molecule has 2 aliphatic rings. The van der Waals surface area contributed by atoms with E-state index in [-0.39, 0.29) is 0 Å². The molecule has 0 bridgehead atoms. The smallest absolute Gasteiger partial charge is 0.00400 e. The van der Waals surface area contributed by atoms with Crippen LogP contribution in [-0.2, 0) is 0 Å². The van der Waals surface area contributed by atoms with E-state index >= 15 is 0 Å². The highest BCUT2D eigenvalue weighted by Crippen LogP contribution is 2.54. The molecule has 0 aliphatic heterocycles. The average molecular weight is 217 g/mol. The van der Waals surface area contributed by atoms with E-state index in [4.69, 9.17) is 0 Å². The highest BCUT2D eigenvalue weighted by atomic mass is 14.5. The maximum atomic E-state index is 2.53. The molecule has 89 valence electrons. The van der Waals surface area contributed by atoms with Crippen molar-refractivity contribution >= 4 is 0 Å². The number of rotatable bonds is 3. The van der Waals surface area contributed by atoms with Crippen molar-refractivity contribution in [2.75, 3.05) is 0 Å². The van der Waals surface area contributed by atoms with Gasteiger partial charge in [0, 0.05) is 11.3 Å². The second-order valence-corrected chi connectivity index (χ2v) is 6.03. The number of hydrogen-bond acceptors (Lipinski definition) is 0. The molecule has 2 aliphatic carbocycles. The zero-order valence-electron chi connectivity index (χ0n) is 11.2. The van der Waals surface area contributed by atoms with E-state index in [1.54, 1.807) is 11.5 Å². The van der Waals surface area contributed by atoms with Crippen molar-refractivity contribution in [2.45, 2.75) is 53.4 Å². The van der Waals surface area contributed by atoms with Crippen molar-refractivity contribution in [1.82, 2.24) is 0 Å². The molecule has 0 heteroatoms. The molecule has 0 aromatic carbocycles. The predicted octanol–water partition coefficient (Wildman–Crippen LogP) is 4.93. The monoisotopic (exact) mass is 217 g/mol. The lowest BCUT2D eigenvalue weighted by atomic mass is 9.65. The predicted molar refractivity (Wildman–Crippen MR) is 71.0 cm³/mol. The first-order valence-corrected chi connectivity index (χ1v) is 6.79. The average Bonchev–Trinajstić information content (AvgIpc) is 2.87. The Bertz CT molecular complexity index is 296. The van der Waals surface area contributed by atoms with E-state index in [2.05, 4.69) is 45.9 Å². The molecule has 1 radical (unpaired) electrons. The summed E-state index contributed by atoms with van der Waals surface area (Å²) in [4.78, 5) is 0. The van der Waals surface area contributed by atoms with Gasteiger partial charge in [0.25, 0.3) is 0 Å². The van der Waals surface area contributed by atoms with Crippen LogP contribution < -0.4 is 0 Å². The van der Waals surface area contributed by atoms with Gasteiger partial charge in [-0.3, -0.25) is 0 Å². The highest BCUT2D eigenvalue weighted by Gasteiger charge is 2.42. The molecule has 0 aromatic rings. The van der Waals surface area contributed by atoms with Crippen molar-refractivity contribution in [3.05, 3.63) is 29.7 Å². The van der Waals surface area contributed by atoms with Crippen molar-refractivity contribution in [3.63, 3.8) is 0 Å². The van der Waals surface area contributed by atoms with Crippen molar-refractivity contribution in [2.24, 2.45) is 17.3 Å². The third kappa shape index (κ3) is 1.77. The molecule has 2 rings (SSSR count). The van der Waals surface area contributed by atoms with Crippen LogP contribution in [0, 0.1) is 23.2 Å². The molecule has 0 heterocycles. The third-order valence-electron chi connectivity index (χ3n) is 4.58. The lowest BCUT2D eigenvalue weighted by Gasteiger charge is -2.39. The maximum absolute atomic E-state index is 2.53. The SMILES string of the molecule is CC(C)[C]1CCC=C1C1(C(C)C)CC=CC1. The summed E-state index contributed by atoms with van der Waals surface area (Å²) in [5, 5.41) is 0. The topological polar surface area (TPSA) is 0 Å². The van der Waals surface area contributed by atoms with Gasteiger partial charge in [0.15, 0.2) is 0 Å². The second-order valence-electron chi connectivity index (χ2n) is 6.03. The Morgan fingerprint density at radius 3 is 2.19 bits per heavy atom. The first kappa shape index (κ1) is 12.0. The van der Waals surface area contributed by atoms with Crippen molar-refractivity contribution in [1.29, 1.82) is 0 Å². The van der Waals surface area contributed by atoms with E-state index in [0.717, 1.165) is 11.8 Å². The van der Waals surface area contributed by atoms with Crippen LogP contribution in [0.1, 0.15) is 53.4 Å². The Morgan fingerprint density at radius 1 is 1.06 bits per heavy atom. The first-order chi connectivity index (χ1) is 7.58. The van der Waals surface area contributed by atoms with E-state index in [1.165, 1.54) is 25.7 Å². The standard InChI is InChI=1S/C16H25/c1-12(2)14-8-7-9-15(14)16(13(3)4)10-5-6-11-16/h5-6,9,12-13H,7-8,10-11H2,1-4H3. The lowest BCUT2D eigenvalue weighted by molar-refractivity contribution is 0.258. The molecule has 0 amide bonds. The summed E-state index contributed by atoms with van der Waals surface area (Å²) in [5.41, 5.74) is 2.15. The Kier molecular flexibility index (Phi) is 3.28. The molecule has 0 fully saturated rings. The fraction of sp³-hybridized carbons (Fsp3) is 0.688. The molecule has 0 saturated heterocycles. The largest absolute Gasteiger partial charge is 0.0876 e. The van der Waals surface area contributed by atoms with Crippen LogP contribution in [0.2, 0.25) is 0 Å². The van der Waals surface area contributed by atoms with Gasteiger partial charge in [-0.05, 0) is 37.5 Å². The molecular formula is C16H25. The van der Waals surface area contributed by atoms with Gasteiger partial charge in [0.2, 0.25) is 0 Å². The minimum absolute atomic E-state index is 0.441. The summed E-state index contributed by atoms with van der Waals surface area (Å²) in [5.74, 6) is 3.21. The Balaban J connectivity index is 2.27. The fourth-order valence-electron chi connectivity index (χ4n) is 3.43. The van der Waals surface area contributed by atoms with Gasteiger partial charge in [-0.15, -0.1) is 0 Å². The maximum Gasteiger partial charge on any atom is 0.00400 e. The molecule has 0 saturated carbocycles. The Hall–Kier alpha value is -0.520. The van der Waals surface area contributed by atoms with E-state index in [0.29, 0.717) is 5.41 Å². The van der Waals surface area contributed by atoms with Crippen LogP contribution in [0.5, 0.6) is 0 Å².